The lowest BCUT2D eigenvalue weighted by Crippen LogP contribution is -2.39. The van der Waals surface area contributed by atoms with Crippen molar-refractivity contribution in [2.75, 3.05) is 31.5 Å². The van der Waals surface area contributed by atoms with Crippen LogP contribution in [0, 0.1) is 5.92 Å². The van der Waals surface area contributed by atoms with Crippen molar-refractivity contribution in [3.63, 3.8) is 0 Å². The maximum absolute atomic E-state index is 12.6. The van der Waals surface area contributed by atoms with Crippen LogP contribution in [0.4, 0.5) is 19.1 Å². The molecule has 0 bridgehead atoms. The van der Waals surface area contributed by atoms with E-state index in [4.69, 9.17) is 0 Å². The molecule has 0 aromatic carbocycles. The molecule has 1 aliphatic rings. The molecule has 1 aromatic rings. The van der Waals surface area contributed by atoms with Crippen LogP contribution in [0.2, 0.25) is 0 Å². The second-order valence-electron chi connectivity index (χ2n) is 5.74. The molecule has 1 atom stereocenters. The van der Waals surface area contributed by atoms with Crippen LogP contribution in [-0.4, -0.2) is 52.3 Å². The normalized spacial score (nSPS) is 19.1. The molecule has 1 aromatic heterocycles. The van der Waals surface area contributed by atoms with Crippen LogP contribution in [0.15, 0.2) is 12.3 Å². The molecule has 22 heavy (non-hydrogen) atoms. The molecule has 1 fully saturated rings. The number of halogens is 3. The van der Waals surface area contributed by atoms with Gasteiger partial charge in [-0.05, 0) is 44.8 Å². The van der Waals surface area contributed by atoms with E-state index in [-0.39, 0.29) is 12.1 Å². The molecule has 8 heteroatoms. The Kier molecular flexibility index (Phi) is 5.57. The minimum Gasteiger partial charge on any atom is -0.392 e. The summed E-state index contributed by atoms with van der Waals surface area (Å²) in [6.07, 6.45) is -1.79. The lowest BCUT2D eigenvalue weighted by atomic mass is 9.96. The molecule has 2 heterocycles. The van der Waals surface area contributed by atoms with Gasteiger partial charge in [0.2, 0.25) is 5.95 Å². The van der Waals surface area contributed by atoms with E-state index in [1.807, 2.05) is 0 Å². The molecule has 1 unspecified atom stereocenters. The fourth-order valence-electron chi connectivity index (χ4n) is 2.58. The second-order valence-corrected chi connectivity index (χ2v) is 5.74. The van der Waals surface area contributed by atoms with Gasteiger partial charge in [-0.3, -0.25) is 0 Å². The number of nitrogens with one attached hydrogen (secondary N) is 1. The van der Waals surface area contributed by atoms with Gasteiger partial charge in [-0.2, -0.15) is 13.2 Å². The van der Waals surface area contributed by atoms with Crippen LogP contribution in [0.5, 0.6) is 0 Å². The highest BCUT2D eigenvalue weighted by Gasteiger charge is 2.32. The van der Waals surface area contributed by atoms with Gasteiger partial charge in [-0.25, -0.2) is 9.97 Å². The van der Waals surface area contributed by atoms with Gasteiger partial charge in [0.05, 0.1) is 6.10 Å². The first-order chi connectivity index (χ1) is 10.3. The van der Waals surface area contributed by atoms with Crippen molar-refractivity contribution in [2.45, 2.75) is 32.0 Å². The van der Waals surface area contributed by atoms with Gasteiger partial charge in [0.1, 0.15) is 5.69 Å². The van der Waals surface area contributed by atoms with Gasteiger partial charge in [0.25, 0.3) is 0 Å². The Labute approximate surface area is 127 Å². The van der Waals surface area contributed by atoms with Gasteiger partial charge in [-0.1, -0.05) is 0 Å². The Morgan fingerprint density at radius 2 is 2.09 bits per heavy atom. The first-order valence-electron chi connectivity index (χ1n) is 7.39. The third kappa shape index (κ3) is 5.10. The summed E-state index contributed by atoms with van der Waals surface area (Å²) in [5.41, 5.74) is -0.934. The third-order valence-electron chi connectivity index (χ3n) is 3.72. The number of likely N-dealkylation sites (tertiary alicyclic amines) is 1. The number of rotatable bonds is 5. The topological polar surface area (TPSA) is 61.3 Å². The standard InChI is InChI=1S/C14H21F3N4O/c1-10(22)9-21-6-3-11(4-7-21)8-19-13-18-5-2-12(20-13)14(15,16)17/h2,5,10-11,22H,3-4,6-9H2,1H3,(H,18,19,20). The summed E-state index contributed by atoms with van der Waals surface area (Å²) in [4.78, 5) is 9.51. The van der Waals surface area contributed by atoms with Crippen LogP contribution in [0.1, 0.15) is 25.5 Å². The van der Waals surface area contributed by atoms with E-state index < -0.39 is 11.9 Å². The number of hydrogen-bond acceptors (Lipinski definition) is 5. The summed E-state index contributed by atoms with van der Waals surface area (Å²) < 4.78 is 37.7. The molecule has 0 amide bonds. The highest BCUT2D eigenvalue weighted by molar-refractivity contribution is 5.26. The SMILES string of the molecule is CC(O)CN1CCC(CNc2nccc(C(F)(F)F)n2)CC1. The van der Waals surface area contributed by atoms with Gasteiger partial charge in [0, 0.05) is 19.3 Å². The van der Waals surface area contributed by atoms with Crippen LogP contribution in [0.3, 0.4) is 0 Å². The number of aliphatic hydroxyl groups is 1. The molecule has 1 saturated heterocycles. The number of β-amino-alcohol motifs (C(OH)–C–C–N with tert-alkyl or cyclic N) is 1. The van der Waals surface area contributed by atoms with Crippen LogP contribution in [-0.2, 0) is 6.18 Å². The molecular formula is C14H21F3N4O. The summed E-state index contributed by atoms with van der Waals surface area (Å²) in [5, 5.41) is 12.2. The predicted molar refractivity (Wildman–Crippen MR) is 76.4 cm³/mol. The number of hydrogen-bond donors (Lipinski definition) is 2. The first kappa shape index (κ1) is 17.0. The summed E-state index contributed by atoms with van der Waals surface area (Å²) in [7, 11) is 0. The quantitative estimate of drug-likeness (QED) is 0.869. The van der Waals surface area contributed by atoms with Crippen molar-refractivity contribution in [1.82, 2.24) is 14.9 Å². The Morgan fingerprint density at radius 3 is 2.68 bits per heavy atom. The number of alkyl halides is 3. The molecular weight excluding hydrogens is 297 g/mol. The van der Waals surface area contributed by atoms with Crippen LogP contribution in [0.25, 0.3) is 0 Å². The number of anilines is 1. The molecule has 0 aliphatic carbocycles. The van der Waals surface area contributed by atoms with E-state index in [2.05, 4.69) is 20.2 Å². The molecule has 2 N–H and O–H groups in total. The number of nitrogens with zero attached hydrogens (tertiary/aromatic N) is 3. The van der Waals surface area contributed by atoms with Crippen LogP contribution < -0.4 is 5.32 Å². The third-order valence-corrected chi connectivity index (χ3v) is 3.72. The van der Waals surface area contributed by atoms with E-state index in [0.29, 0.717) is 19.0 Å². The predicted octanol–water partition coefficient (Wildman–Crippen LogP) is 2.00. The Balaban J connectivity index is 1.80. The minimum atomic E-state index is -4.45. The number of piperidine rings is 1. The van der Waals surface area contributed by atoms with Crippen molar-refractivity contribution in [2.24, 2.45) is 5.92 Å². The zero-order chi connectivity index (χ0) is 16.2. The highest BCUT2D eigenvalue weighted by atomic mass is 19.4. The van der Waals surface area contributed by atoms with Gasteiger partial charge < -0.3 is 15.3 Å². The largest absolute Gasteiger partial charge is 0.433 e. The zero-order valence-electron chi connectivity index (χ0n) is 12.5. The van der Waals surface area contributed by atoms with E-state index in [0.717, 1.165) is 38.2 Å². The van der Waals surface area contributed by atoms with Gasteiger partial charge >= 0.3 is 6.18 Å². The van der Waals surface area contributed by atoms with E-state index in [9.17, 15) is 18.3 Å². The summed E-state index contributed by atoms with van der Waals surface area (Å²) >= 11 is 0. The fraction of sp³-hybridized carbons (Fsp3) is 0.714. The summed E-state index contributed by atoms with van der Waals surface area (Å²) in [5.74, 6) is 0.393. The van der Waals surface area contributed by atoms with Crippen molar-refractivity contribution in [3.05, 3.63) is 18.0 Å². The van der Waals surface area contributed by atoms with Crippen molar-refractivity contribution >= 4 is 5.95 Å². The van der Waals surface area contributed by atoms with Gasteiger partial charge in [0.15, 0.2) is 0 Å². The molecule has 0 saturated carbocycles. The first-order valence-corrected chi connectivity index (χ1v) is 7.39. The molecule has 2 rings (SSSR count). The fourth-order valence-corrected chi connectivity index (χ4v) is 2.58. The molecule has 0 radical (unpaired) electrons. The van der Waals surface area contributed by atoms with Crippen molar-refractivity contribution in [3.8, 4) is 0 Å². The van der Waals surface area contributed by atoms with Crippen molar-refractivity contribution < 1.29 is 18.3 Å². The monoisotopic (exact) mass is 318 g/mol. The van der Waals surface area contributed by atoms with E-state index in [1.165, 1.54) is 0 Å². The number of aromatic nitrogens is 2. The maximum atomic E-state index is 12.6. The molecule has 1 aliphatic heterocycles. The summed E-state index contributed by atoms with van der Waals surface area (Å²) in [6, 6.07) is 0.861. The molecule has 0 spiro atoms. The van der Waals surface area contributed by atoms with E-state index in [1.54, 1.807) is 6.92 Å². The highest BCUT2D eigenvalue weighted by Crippen LogP contribution is 2.27. The molecule has 124 valence electrons. The minimum absolute atomic E-state index is 0.0150. The number of aliphatic hydroxyl groups excluding tert-OH is 1. The molecule has 5 nitrogen and oxygen atoms in total. The Bertz CT molecular complexity index is 473. The average Bonchev–Trinajstić information content (AvgIpc) is 2.45. The Hall–Kier alpha value is -1.41. The maximum Gasteiger partial charge on any atom is 0.433 e. The Morgan fingerprint density at radius 1 is 1.41 bits per heavy atom. The average molecular weight is 318 g/mol. The van der Waals surface area contributed by atoms with Crippen molar-refractivity contribution in [1.29, 1.82) is 0 Å². The van der Waals surface area contributed by atoms with E-state index >= 15 is 0 Å². The lowest BCUT2D eigenvalue weighted by Gasteiger charge is -2.32. The zero-order valence-corrected chi connectivity index (χ0v) is 12.5. The second kappa shape index (κ2) is 7.23. The van der Waals surface area contributed by atoms with Crippen LogP contribution >= 0.6 is 0 Å². The van der Waals surface area contributed by atoms with Gasteiger partial charge in [-0.15, -0.1) is 0 Å². The smallest absolute Gasteiger partial charge is 0.392 e. The summed E-state index contributed by atoms with van der Waals surface area (Å²) in [6.45, 7) is 4.76. The lowest BCUT2D eigenvalue weighted by molar-refractivity contribution is -0.141.